The fourth-order valence-corrected chi connectivity index (χ4v) is 15.9. The van der Waals surface area contributed by atoms with Crippen LogP contribution >= 0.6 is 0 Å². The molecule has 0 spiro atoms. The van der Waals surface area contributed by atoms with Crippen molar-refractivity contribution in [2.75, 3.05) is 181 Å². The van der Waals surface area contributed by atoms with Gasteiger partial charge in [-0.1, -0.05) is 24.3 Å². The van der Waals surface area contributed by atoms with Crippen LogP contribution in [0.25, 0.3) is 0 Å². The highest BCUT2D eigenvalue weighted by Crippen LogP contribution is 2.44. The molecule has 1 aromatic carbocycles. The minimum atomic E-state index is -1.25. The van der Waals surface area contributed by atoms with Gasteiger partial charge in [0.25, 0.3) is 0 Å². The van der Waals surface area contributed by atoms with Crippen molar-refractivity contribution in [1.29, 1.82) is 0 Å². The highest BCUT2D eigenvalue weighted by atomic mass is 16.8. The molecule has 0 N–H and O–H groups in total. The Bertz CT molecular complexity index is 2610. The number of rotatable bonds is 26. The van der Waals surface area contributed by atoms with Crippen LogP contribution < -0.4 is 0 Å². The molecule has 0 aliphatic carbocycles. The van der Waals surface area contributed by atoms with Crippen LogP contribution in [0.2, 0.25) is 0 Å². The van der Waals surface area contributed by atoms with E-state index in [4.69, 9.17) is 166 Å². The van der Waals surface area contributed by atoms with Gasteiger partial charge in [0.05, 0.1) is 59.5 Å². The predicted octanol–water partition coefficient (Wildman–Crippen LogP) is -0.0403. The molecule has 35 nitrogen and oxygen atoms in total. The molecule has 21 heterocycles. The van der Waals surface area contributed by atoms with Crippen molar-refractivity contribution in [2.45, 2.75) is 228 Å². The van der Waals surface area contributed by atoms with Crippen molar-refractivity contribution >= 4 is 0 Å². The Labute approximate surface area is 608 Å². The first kappa shape index (κ1) is 84.3. The molecule has 22 rings (SSSR count). The van der Waals surface area contributed by atoms with Crippen molar-refractivity contribution in [1.82, 2.24) is 0 Å². The first-order valence-electron chi connectivity index (χ1n) is 35.0. The van der Waals surface area contributed by atoms with E-state index in [0.29, 0.717) is 0 Å². The summed E-state index contributed by atoms with van der Waals surface area (Å²) in [5.74, 6) is 0. The summed E-state index contributed by atoms with van der Waals surface area (Å²) in [6, 6.07) is 7.81. The first-order chi connectivity index (χ1) is 50.7. The first-order valence-corrected chi connectivity index (χ1v) is 35.0. The zero-order chi connectivity index (χ0) is 74.3. The molecule has 35 atom stereocenters. The summed E-state index contributed by atoms with van der Waals surface area (Å²) in [6.45, 7) is -0.0381. The normalized spacial score (nSPS) is 44.7. The Morgan fingerprint density at radius 3 is 0.606 bits per heavy atom. The zero-order valence-electron chi connectivity index (χ0n) is 63.2. The van der Waals surface area contributed by atoms with Crippen LogP contribution in [0.3, 0.4) is 0 Å². The number of hydrogen-bond acceptors (Lipinski definition) is 35. The van der Waals surface area contributed by atoms with Gasteiger partial charge in [-0.25, -0.2) is 0 Å². The third-order valence-electron chi connectivity index (χ3n) is 20.7. The van der Waals surface area contributed by atoms with Crippen molar-refractivity contribution in [2.24, 2.45) is 0 Å². The fourth-order valence-electron chi connectivity index (χ4n) is 15.9. The number of methoxy groups -OCH3 is 19. The Hall–Kier alpha value is -2.18. The predicted molar refractivity (Wildman–Crippen MR) is 351 cm³/mol. The molecule has 0 unspecified atom stereocenters. The Morgan fingerprint density at radius 2 is 0.394 bits per heavy atom. The molecule has 20 fully saturated rings. The molecule has 0 aromatic heterocycles. The Kier molecular flexibility index (Phi) is 33.1. The molecule has 21 aliphatic rings. The molecular formula is C69H114O35. The maximum absolute atomic E-state index is 7.25. The Morgan fingerprint density at radius 1 is 0.212 bits per heavy atom. The second-order valence-corrected chi connectivity index (χ2v) is 26.4. The minimum absolute atomic E-state index is 0.0404. The highest BCUT2D eigenvalue weighted by Gasteiger charge is 2.62. The van der Waals surface area contributed by atoms with Crippen LogP contribution in [-0.2, 0) is 179 Å². The second kappa shape index (κ2) is 40.8. The smallest absolute Gasteiger partial charge is 0.187 e. The molecule has 104 heavy (non-hydrogen) atoms. The standard InChI is InChI=1S/C69H114O35/c1-70-26-35-42-49(77-8)57(84-15)64(92-35)100-44-37(28-72-3)94-66(59(86-17)51(44)79-10)102-46-39(30-74-5)96-68(61(88-19)53(46)81-12)104-48-41(32-76-7)97-69(62-55(48)89-24-33-22-20-21-23-34(33)25-90-62)103-47-40(31-75-6)95-67(60(87-18)54(47)82-13)101-45-38(29-73-4)93-65(58(85-16)52(45)80-11)99-43-36(27-71-2)91-63(98-42)56(83-14)50(43)78-9/h20-23,35-69H,24-32H2,1-19H3/t35-,36-,37-,38-,39-,40-,41-,42-,43-,44-,45-,46-,47-,48-,49+,50+,51+,52+,53+,54+,55+,56-,57-,58-,59-,60-,61-,62-,63-,64-,65-,66-,67-,68-,69-/m1/s1. The topological polar surface area (TPSA) is 323 Å². The molecule has 14 bridgehead atoms. The van der Waals surface area contributed by atoms with Crippen LogP contribution in [0.5, 0.6) is 0 Å². The van der Waals surface area contributed by atoms with Gasteiger partial charge in [0, 0.05) is 135 Å². The number of benzene rings is 1. The van der Waals surface area contributed by atoms with Gasteiger partial charge in [0.1, 0.15) is 171 Å². The van der Waals surface area contributed by atoms with Crippen LogP contribution in [-0.4, -0.2) is 396 Å². The van der Waals surface area contributed by atoms with E-state index in [0.717, 1.165) is 11.1 Å². The summed E-state index contributed by atoms with van der Waals surface area (Å²) in [6.07, 6.45) is -36.4. The van der Waals surface area contributed by atoms with Gasteiger partial charge in [-0.2, -0.15) is 0 Å². The van der Waals surface area contributed by atoms with Crippen molar-refractivity contribution in [3.8, 4) is 0 Å². The summed E-state index contributed by atoms with van der Waals surface area (Å²) in [5.41, 5.74) is 1.77. The van der Waals surface area contributed by atoms with Gasteiger partial charge in [0.15, 0.2) is 44.0 Å². The molecule has 35 heteroatoms. The molecular weight excluding hydrogens is 1390 g/mol. The van der Waals surface area contributed by atoms with Crippen LogP contribution in [0, 0.1) is 0 Å². The monoisotopic (exact) mass is 1500 g/mol. The molecule has 0 saturated carbocycles. The van der Waals surface area contributed by atoms with E-state index in [9.17, 15) is 0 Å². The average molecular weight is 1500 g/mol. The van der Waals surface area contributed by atoms with Crippen LogP contribution in [0.15, 0.2) is 24.3 Å². The van der Waals surface area contributed by atoms with E-state index in [1.807, 2.05) is 24.3 Å². The molecule has 0 radical (unpaired) electrons. The molecule has 21 aliphatic heterocycles. The highest BCUT2D eigenvalue weighted by molar-refractivity contribution is 5.26. The maximum atomic E-state index is 7.25. The number of fused-ring (bicyclic) bond motifs is 2. The van der Waals surface area contributed by atoms with E-state index in [2.05, 4.69) is 0 Å². The van der Waals surface area contributed by atoms with E-state index in [1.165, 1.54) is 128 Å². The van der Waals surface area contributed by atoms with E-state index in [1.54, 1.807) is 7.11 Å². The maximum Gasteiger partial charge on any atom is 0.187 e. The third-order valence-corrected chi connectivity index (χ3v) is 20.7. The van der Waals surface area contributed by atoms with Gasteiger partial charge in [-0.3, -0.25) is 0 Å². The lowest BCUT2D eigenvalue weighted by Gasteiger charge is -2.53. The third kappa shape index (κ3) is 18.1. The van der Waals surface area contributed by atoms with Gasteiger partial charge < -0.3 is 166 Å². The van der Waals surface area contributed by atoms with Crippen LogP contribution in [0.4, 0.5) is 0 Å². The summed E-state index contributed by atoms with van der Waals surface area (Å²) < 4.78 is 230. The summed E-state index contributed by atoms with van der Waals surface area (Å²) in [7, 11) is 28.9. The van der Waals surface area contributed by atoms with Gasteiger partial charge >= 0.3 is 0 Å². The van der Waals surface area contributed by atoms with E-state index >= 15 is 0 Å². The summed E-state index contributed by atoms with van der Waals surface area (Å²) >= 11 is 0. The average Bonchev–Trinajstić information content (AvgIpc) is 0.761. The summed E-state index contributed by atoms with van der Waals surface area (Å²) in [5, 5.41) is 0. The van der Waals surface area contributed by atoms with E-state index in [-0.39, 0.29) is 59.5 Å². The van der Waals surface area contributed by atoms with Crippen molar-refractivity contribution in [3.63, 3.8) is 0 Å². The van der Waals surface area contributed by atoms with Crippen molar-refractivity contribution < 1.29 is 166 Å². The van der Waals surface area contributed by atoms with Crippen LogP contribution in [0.1, 0.15) is 11.1 Å². The largest absolute Gasteiger partial charge is 0.382 e. The lowest BCUT2D eigenvalue weighted by Crippen LogP contribution is -2.69. The zero-order valence-corrected chi connectivity index (χ0v) is 63.2. The molecule has 20 saturated heterocycles. The lowest BCUT2D eigenvalue weighted by molar-refractivity contribution is -0.405. The van der Waals surface area contributed by atoms with Crippen molar-refractivity contribution in [3.05, 3.63) is 35.4 Å². The molecule has 1 aromatic rings. The fraction of sp³-hybridized carbons (Fsp3) is 0.913. The SMILES string of the molecule is COC[C@H]1O[C@@H]2O[C@H]3[C@H](OC)[C@@H](OC)[C@@H](O[C@H]4[C@H](OC)[C@@H](OC)[C@@H](O[C@H]5[C@H](OC)[C@@H](OC)[C@@H](O[C@H]6[C@@H]7OCc8ccccc8CO[C@H]7[C@@H](O[C@H]7[C@H](OC)[C@@H](OC)[C@@H](O[C@H]8[C@H](OC)[C@@H](OC)[C@@H](O[C@H]1[C@H](OC)[C@H]2OC)O[C@@H]8COC)O[C@@H]7COC)O[C@@H]6COC)O[C@@H]5COC)O[C@@H]4COC)O[C@@H]3COC. The van der Waals surface area contributed by atoms with Gasteiger partial charge in [0.2, 0.25) is 0 Å². The number of hydrogen-bond donors (Lipinski definition) is 0. The summed E-state index contributed by atoms with van der Waals surface area (Å²) in [4.78, 5) is 0. The van der Waals surface area contributed by atoms with E-state index < -0.39 is 215 Å². The molecule has 0 amide bonds. The van der Waals surface area contributed by atoms with Gasteiger partial charge in [-0.05, 0) is 11.1 Å². The Balaban J connectivity index is 1.08. The second-order valence-electron chi connectivity index (χ2n) is 26.4. The quantitative estimate of drug-likeness (QED) is 0.117. The molecule has 600 valence electrons. The van der Waals surface area contributed by atoms with Gasteiger partial charge in [-0.15, -0.1) is 0 Å². The lowest BCUT2D eigenvalue weighted by atomic mass is 9.94. The number of ether oxygens (including phenoxy) is 35. The minimum Gasteiger partial charge on any atom is -0.382 e.